The smallest absolute Gasteiger partial charge is 0.166 e. The summed E-state index contributed by atoms with van der Waals surface area (Å²) in [6.07, 6.45) is 0.961. The predicted octanol–water partition coefficient (Wildman–Crippen LogP) is 2.83. The Labute approximate surface area is 103 Å². The van der Waals surface area contributed by atoms with E-state index in [9.17, 15) is 0 Å². The van der Waals surface area contributed by atoms with Gasteiger partial charge in [-0.25, -0.2) is 0 Å². The summed E-state index contributed by atoms with van der Waals surface area (Å²) < 4.78 is 11.5. The van der Waals surface area contributed by atoms with Gasteiger partial charge >= 0.3 is 0 Å². The molecule has 1 N–H and O–H groups in total. The summed E-state index contributed by atoms with van der Waals surface area (Å²) in [5.74, 6) is 1.71. The Morgan fingerprint density at radius 3 is 2.71 bits per heavy atom. The molecule has 1 aromatic rings. The molecule has 3 heteroatoms. The summed E-state index contributed by atoms with van der Waals surface area (Å²) in [6.45, 7) is 6.30. The summed E-state index contributed by atoms with van der Waals surface area (Å²) in [5.41, 5.74) is 2.23. The Balaban J connectivity index is 2.55. The van der Waals surface area contributed by atoms with Crippen molar-refractivity contribution in [2.24, 2.45) is 0 Å². The van der Waals surface area contributed by atoms with Crippen LogP contribution in [0.4, 0.5) is 0 Å². The van der Waals surface area contributed by atoms with E-state index in [4.69, 9.17) is 9.47 Å². The fraction of sp³-hybridized carbons (Fsp3) is 0.571. The van der Waals surface area contributed by atoms with Crippen LogP contribution in [0.25, 0.3) is 0 Å². The Hall–Kier alpha value is -1.22. The quantitative estimate of drug-likeness (QED) is 0.855. The van der Waals surface area contributed by atoms with Crippen LogP contribution in [0.15, 0.2) is 12.1 Å². The van der Waals surface area contributed by atoms with Crippen molar-refractivity contribution in [1.82, 2.24) is 5.32 Å². The van der Waals surface area contributed by atoms with Gasteiger partial charge in [-0.2, -0.15) is 0 Å². The van der Waals surface area contributed by atoms with Crippen molar-refractivity contribution in [2.75, 3.05) is 14.2 Å². The van der Waals surface area contributed by atoms with Crippen LogP contribution in [-0.2, 0) is 0 Å². The lowest BCUT2D eigenvalue weighted by Crippen LogP contribution is -2.38. The molecule has 0 saturated carbocycles. The normalized spacial score (nSPS) is 21.6. The number of nitrogens with one attached hydrogen (secondary N) is 1. The van der Waals surface area contributed by atoms with Gasteiger partial charge in [0.15, 0.2) is 11.5 Å². The average Bonchev–Trinajstić information content (AvgIpc) is 2.27. The maximum atomic E-state index is 6.06. The van der Waals surface area contributed by atoms with Crippen LogP contribution in [0, 0.1) is 6.92 Å². The summed E-state index contributed by atoms with van der Waals surface area (Å²) in [5, 5.41) is 3.36. The highest BCUT2D eigenvalue weighted by Gasteiger charge is 2.34. The van der Waals surface area contributed by atoms with Crippen LogP contribution in [0.2, 0.25) is 0 Å². The van der Waals surface area contributed by atoms with Gasteiger partial charge in [0, 0.05) is 18.0 Å². The van der Waals surface area contributed by atoms with E-state index in [2.05, 4.69) is 32.2 Å². The number of hydrogen-bond acceptors (Lipinski definition) is 3. The lowest BCUT2D eigenvalue weighted by atomic mass is 9.89. The van der Waals surface area contributed by atoms with Gasteiger partial charge in [-0.3, -0.25) is 0 Å². The van der Waals surface area contributed by atoms with Crippen LogP contribution in [-0.4, -0.2) is 19.8 Å². The minimum Gasteiger partial charge on any atom is -0.493 e. The van der Waals surface area contributed by atoms with Gasteiger partial charge in [-0.05, 0) is 39.4 Å². The van der Waals surface area contributed by atoms with Crippen molar-refractivity contribution in [2.45, 2.75) is 38.8 Å². The highest BCUT2D eigenvalue weighted by molar-refractivity contribution is 5.52. The molecule has 0 amide bonds. The molecule has 1 unspecified atom stereocenters. The molecule has 0 aromatic heterocycles. The summed E-state index contributed by atoms with van der Waals surface area (Å²) in [7, 11) is 3.68. The van der Waals surface area contributed by atoms with Crippen LogP contribution in [0.3, 0.4) is 0 Å². The monoisotopic (exact) mass is 235 g/mol. The van der Waals surface area contributed by atoms with Crippen molar-refractivity contribution >= 4 is 0 Å². The molecule has 0 fully saturated rings. The van der Waals surface area contributed by atoms with Crippen LogP contribution < -0.4 is 14.8 Å². The van der Waals surface area contributed by atoms with E-state index in [1.807, 2.05) is 13.1 Å². The number of rotatable bonds is 2. The second kappa shape index (κ2) is 4.22. The zero-order chi connectivity index (χ0) is 12.6. The number of ether oxygens (including phenoxy) is 2. The third kappa shape index (κ3) is 2.25. The molecule has 0 spiro atoms. The third-order valence-corrected chi connectivity index (χ3v) is 3.25. The highest BCUT2D eigenvalue weighted by atomic mass is 16.5. The number of aryl methyl sites for hydroxylation is 1. The minimum atomic E-state index is -0.163. The molecule has 1 aliphatic rings. The average molecular weight is 235 g/mol. The Bertz CT molecular complexity index is 426. The third-order valence-electron chi connectivity index (χ3n) is 3.25. The molecule has 2 rings (SSSR count). The molecule has 1 aromatic carbocycles. The largest absolute Gasteiger partial charge is 0.493 e. The number of fused-ring (bicyclic) bond motifs is 1. The molecule has 94 valence electrons. The van der Waals surface area contributed by atoms with Crippen molar-refractivity contribution < 1.29 is 9.47 Å². The molecular weight excluding hydrogens is 214 g/mol. The maximum absolute atomic E-state index is 6.06. The standard InChI is InChI=1S/C14H21NO2/c1-9-6-10-11(15-4)8-14(2,3)17-13(10)12(7-9)16-5/h6-7,11,15H,8H2,1-5H3. The molecular formula is C14H21NO2. The van der Waals surface area contributed by atoms with Gasteiger partial charge in [0.05, 0.1) is 7.11 Å². The topological polar surface area (TPSA) is 30.5 Å². The van der Waals surface area contributed by atoms with Crippen molar-refractivity contribution in [3.63, 3.8) is 0 Å². The van der Waals surface area contributed by atoms with Crippen molar-refractivity contribution in [1.29, 1.82) is 0 Å². The fourth-order valence-corrected chi connectivity index (χ4v) is 2.46. The first-order chi connectivity index (χ1) is 7.96. The van der Waals surface area contributed by atoms with E-state index in [-0.39, 0.29) is 5.60 Å². The first kappa shape index (κ1) is 12.2. The number of benzene rings is 1. The molecule has 1 heterocycles. The van der Waals surface area contributed by atoms with Gasteiger partial charge in [0.2, 0.25) is 0 Å². The van der Waals surface area contributed by atoms with Crippen LogP contribution >= 0.6 is 0 Å². The van der Waals surface area contributed by atoms with Gasteiger partial charge < -0.3 is 14.8 Å². The molecule has 0 aliphatic carbocycles. The molecule has 0 bridgehead atoms. The van der Waals surface area contributed by atoms with Gasteiger partial charge in [0.25, 0.3) is 0 Å². The van der Waals surface area contributed by atoms with Gasteiger partial charge in [0.1, 0.15) is 5.60 Å². The Morgan fingerprint density at radius 1 is 1.41 bits per heavy atom. The van der Waals surface area contributed by atoms with Gasteiger partial charge in [-0.1, -0.05) is 6.07 Å². The van der Waals surface area contributed by atoms with Crippen LogP contribution in [0.5, 0.6) is 11.5 Å². The summed E-state index contributed by atoms with van der Waals surface area (Å²) in [6, 6.07) is 4.52. The predicted molar refractivity (Wildman–Crippen MR) is 68.9 cm³/mol. The Morgan fingerprint density at radius 2 is 2.12 bits per heavy atom. The van der Waals surface area contributed by atoms with Crippen LogP contribution in [0.1, 0.15) is 37.4 Å². The van der Waals surface area contributed by atoms with Gasteiger partial charge in [-0.15, -0.1) is 0 Å². The molecule has 0 radical (unpaired) electrons. The lowest BCUT2D eigenvalue weighted by Gasteiger charge is -2.38. The molecule has 17 heavy (non-hydrogen) atoms. The molecule has 0 saturated heterocycles. The Kier molecular flexibility index (Phi) is 3.04. The SMILES string of the molecule is CNC1CC(C)(C)Oc2c(OC)cc(C)cc21. The molecule has 1 aliphatic heterocycles. The van der Waals surface area contributed by atoms with Crippen molar-refractivity contribution in [3.05, 3.63) is 23.3 Å². The van der Waals surface area contributed by atoms with Crippen molar-refractivity contribution in [3.8, 4) is 11.5 Å². The lowest BCUT2D eigenvalue weighted by molar-refractivity contribution is 0.0637. The molecule has 1 atom stereocenters. The first-order valence-corrected chi connectivity index (χ1v) is 6.01. The summed E-state index contributed by atoms with van der Waals surface area (Å²) in [4.78, 5) is 0. The second-order valence-corrected chi connectivity index (χ2v) is 5.29. The zero-order valence-corrected chi connectivity index (χ0v) is 11.3. The maximum Gasteiger partial charge on any atom is 0.166 e. The minimum absolute atomic E-state index is 0.163. The van der Waals surface area contributed by atoms with E-state index >= 15 is 0 Å². The summed E-state index contributed by atoms with van der Waals surface area (Å²) >= 11 is 0. The highest BCUT2D eigenvalue weighted by Crippen LogP contribution is 2.45. The number of methoxy groups -OCH3 is 1. The second-order valence-electron chi connectivity index (χ2n) is 5.29. The number of hydrogen-bond donors (Lipinski definition) is 1. The van der Waals surface area contributed by atoms with E-state index in [1.165, 1.54) is 11.1 Å². The van der Waals surface area contributed by atoms with E-state index in [0.717, 1.165) is 17.9 Å². The zero-order valence-electron chi connectivity index (χ0n) is 11.3. The molecule has 3 nitrogen and oxygen atoms in total. The van der Waals surface area contributed by atoms with E-state index in [0.29, 0.717) is 6.04 Å². The van der Waals surface area contributed by atoms with E-state index < -0.39 is 0 Å². The fourth-order valence-electron chi connectivity index (χ4n) is 2.46. The first-order valence-electron chi connectivity index (χ1n) is 6.01. The van der Waals surface area contributed by atoms with E-state index in [1.54, 1.807) is 7.11 Å².